The molecule has 2 heterocycles. The summed E-state index contributed by atoms with van der Waals surface area (Å²) in [6, 6.07) is 84.1. The van der Waals surface area contributed by atoms with Crippen LogP contribution in [-0.2, 0) is 0 Å². The molecular formula is C58H38N2S. The lowest BCUT2D eigenvalue weighted by Crippen LogP contribution is -2.10. The van der Waals surface area contributed by atoms with Crippen LogP contribution in [0, 0.1) is 0 Å². The number of para-hydroxylation sites is 3. The fraction of sp³-hybridized carbons (Fsp3) is 0. The molecule has 0 radical (unpaired) electrons. The van der Waals surface area contributed by atoms with Crippen molar-refractivity contribution in [2.75, 3.05) is 4.90 Å². The molecule has 0 saturated carbocycles. The largest absolute Gasteiger partial charge is 0.310 e. The van der Waals surface area contributed by atoms with Crippen molar-refractivity contribution >= 4 is 81.1 Å². The molecule has 0 aliphatic rings. The van der Waals surface area contributed by atoms with Crippen molar-refractivity contribution in [3.8, 4) is 39.1 Å². The third kappa shape index (κ3) is 6.01. The number of anilines is 3. The quantitative estimate of drug-likeness (QED) is 0.156. The molecule has 3 heteroatoms. The average Bonchev–Trinajstić information content (AvgIpc) is 3.88. The lowest BCUT2D eigenvalue weighted by atomic mass is 9.98. The van der Waals surface area contributed by atoms with Crippen LogP contribution in [0.5, 0.6) is 0 Å². The summed E-state index contributed by atoms with van der Waals surface area (Å²) in [4.78, 5) is 2.42. The maximum Gasteiger partial charge on any atom is 0.0554 e. The number of aromatic nitrogens is 1. The van der Waals surface area contributed by atoms with Crippen LogP contribution in [0.4, 0.5) is 17.1 Å². The minimum Gasteiger partial charge on any atom is -0.310 e. The van der Waals surface area contributed by atoms with Crippen molar-refractivity contribution in [2.24, 2.45) is 0 Å². The molecule has 0 bridgehead atoms. The third-order valence-electron chi connectivity index (χ3n) is 12.2. The molecule has 0 aliphatic carbocycles. The Bertz CT molecular complexity index is 3520. The van der Waals surface area contributed by atoms with Crippen LogP contribution in [0.1, 0.15) is 0 Å². The lowest BCUT2D eigenvalue weighted by molar-refractivity contribution is 1.18. The number of thiophene rings is 1. The van der Waals surface area contributed by atoms with Gasteiger partial charge in [0, 0.05) is 47.9 Å². The monoisotopic (exact) mass is 794 g/mol. The molecule has 0 amide bonds. The molecule has 2 aromatic heterocycles. The first-order valence-corrected chi connectivity index (χ1v) is 21.6. The highest BCUT2D eigenvalue weighted by Crippen LogP contribution is 2.45. The van der Waals surface area contributed by atoms with E-state index in [2.05, 4.69) is 240 Å². The number of hydrogen-bond acceptors (Lipinski definition) is 2. The Hall–Kier alpha value is -7.72. The Morgan fingerprint density at radius 1 is 0.344 bits per heavy atom. The maximum absolute atomic E-state index is 2.42. The van der Waals surface area contributed by atoms with Gasteiger partial charge in [-0.15, -0.1) is 11.3 Å². The van der Waals surface area contributed by atoms with Gasteiger partial charge < -0.3 is 9.47 Å². The Balaban J connectivity index is 0.916. The summed E-state index contributed by atoms with van der Waals surface area (Å²) in [5.41, 5.74) is 14.2. The van der Waals surface area contributed by atoms with Gasteiger partial charge in [-0.2, -0.15) is 0 Å². The van der Waals surface area contributed by atoms with Crippen molar-refractivity contribution in [1.29, 1.82) is 0 Å². The van der Waals surface area contributed by atoms with Crippen LogP contribution in [0.2, 0.25) is 0 Å². The van der Waals surface area contributed by atoms with E-state index in [-0.39, 0.29) is 0 Å². The molecule has 0 aliphatic heterocycles. The molecule has 12 rings (SSSR count). The van der Waals surface area contributed by atoms with E-state index in [4.69, 9.17) is 0 Å². The van der Waals surface area contributed by atoms with E-state index in [9.17, 15) is 0 Å². The van der Waals surface area contributed by atoms with Crippen LogP contribution < -0.4 is 4.90 Å². The van der Waals surface area contributed by atoms with E-state index in [1.165, 1.54) is 97.5 Å². The second-order valence-electron chi connectivity index (χ2n) is 15.7. The topological polar surface area (TPSA) is 8.17 Å². The van der Waals surface area contributed by atoms with Gasteiger partial charge in [0.2, 0.25) is 0 Å². The fourth-order valence-corrected chi connectivity index (χ4v) is 10.4. The third-order valence-corrected chi connectivity index (χ3v) is 13.3. The van der Waals surface area contributed by atoms with Gasteiger partial charge in [-0.3, -0.25) is 0 Å². The molecule has 0 N–H and O–H groups in total. The van der Waals surface area contributed by atoms with Gasteiger partial charge in [0.15, 0.2) is 0 Å². The van der Waals surface area contributed by atoms with Crippen molar-refractivity contribution in [2.45, 2.75) is 0 Å². The normalized spacial score (nSPS) is 11.6. The average molecular weight is 795 g/mol. The minimum atomic E-state index is 1.11. The predicted molar refractivity (Wildman–Crippen MR) is 262 cm³/mol. The smallest absolute Gasteiger partial charge is 0.0554 e. The van der Waals surface area contributed by atoms with Gasteiger partial charge in [0.1, 0.15) is 0 Å². The highest BCUT2D eigenvalue weighted by Gasteiger charge is 2.19. The van der Waals surface area contributed by atoms with Crippen molar-refractivity contribution < 1.29 is 0 Å². The number of rotatable bonds is 7. The van der Waals surface area contributed by atoms with Gasteiger partial charge in [-0.05, 0) is 105 Å². The number of fused-ring (bicyclic) bond motifs is 7. The molecule has 10 aromatic carbocycles. The summed E-state index contributed by atoms with van der Waals surface area (Å²) in [5, 5.41) is 7.60. The van der Waals surface area contributed by atoms with Crippen LogP contribution in [0.25, 0.3) is 91.8 Å². The molecule has 0 saturated heterocycles. The molecule has 0 fully saturated rings. The zero-order chi connectivity index (χ0) is 40.3. The molecule has 12 aromatic rings. The van der Waals surface area contributed by atoms with Crippen LogP contribution in [0.3, 0.4) is 0 Å². The Morgan fingerprint density at radius 2 is 0.852 bits per heavy atom. The predicted octanol–water partition coefficient (Wildman–Crippen LogP) is 16.8. The van der Waals surface area contributed by atoms with E-state index >= 15 is 0 Å². The Labute approximate surface area is 358 Å². The van der Waals surface area contributed by atoms with Crippen LogP contribution in [0.15, 0.2) is 231 Å². The van der Waals surface area contributed by atoms with Crippen LogP contribution in [-0.4, -0.2) is 4.57 Å². The fourth-order valence-electron chi connectivity index (χ4n) is 9.28. The summed E-state index contributed by atoms with van der Waals surface area (Å²) < 4.78 is 5.00. The van der Waals surface area contributed by atoms with Gasteiger partial charge in [0.05, 0.1) is 22.4 Å². The molecule has 2 nitrogen and oxygen atoms in total. The van der Waals surface area contributed by atoms with Crippen LogP contribution >= 0.6 is 11.3 Å². The standard InChI is InChI=1S/C58H38N2S/c1-2-13-44-38-45(29-26-39(44)12-1)42-32-36-47(37-33-42)59(55-21-11-23-57-58(55)51-17-6-10-22-56(51)61-57)46-34-30-41(31-35-46)40-24-27-43(28-25-40)48-14-3-7-18-52(48)60-53-19-8-4-15-49(53)50-16-5-9-20-54(50)60/h1-38H. The van der Waals surface area contributed by atoms with Gasteiger partial charge >= 0.3 is 0 Å². The van der Waals surface area contributed by atoms with E-state index < -0.39 is 0 Å². The van der Waals surface area contributed by atoms with Crippen molar-refractivity contribution in [3.63, 3.8) is 0 Å². The van der Waals surface area contributed by atoms with E-state index in [1.807, 2.05) is 11.3 Å². The number of hydrogen-bond donors (Lipinski definition) is 0. The van der Waals surface area contributed by atoms with Gasteiger partial charge in [-0.25, -0.2) is 0 Å². The Morgan fingerprint density at radius 3 is 1.56 bits per heavy atom. The summed E-state index contributed by atoms with van der Waals surface area (Å²) in [7, 11) is 0. The zero-order valence-electron chi connectivity index (χ0n) is 33.2. The van der Waals surface area contributed by atoms with E-state index in [0.717, 1.165) is 11.4 Å². The highest BCUT2D eigenvalue weighted by atomic mass is 32.1. The lowest BCUT2D eigenvalue weighted by Gasteiger charge is -2.27. The maximum atomic E-state index is 2.42. The highest BCUT2D eigenvalue weighted by molar-refractivity contribution is 7.26. The summed E-state index contributed by atoms with van der Waals surface area (Å²) >= 11 is 1.86. The SMILES string of the molecule is c1ccc(-n2c3ccccc3c3ccccc32)c(-c2ccc(-c3ccc(N(c4ccc(-c5ccc6ccccc6c5)cc4)c4cccc5sc6ccccc6c45)cc3)cc2)c1. The first-order chi connectivity index (χ1) is 30.2. The number of benzene rings is 10. The second kappa shape index (κ2) is 14.5. The van der Waals surface area contributed by atoms with E-state index in [1.54, 1.807) is 0 Å². The second-order valence-corrected chi connectivity index (χ2v) is 16.8. The first kappa shape index (κ1) is 35.2. The van der Waals surface area contributed by atoms with Gasteiger partial charge in [0.25, 0.3) is 0 Å². The summed E-state index contributed by atoms with van der Waals surface area (Å²) in [6.45, 7) is 0. The molecule has 61 heavy (non-hydrogen) atoms. The minimum absolute atomic E-state index is 1.11. The molecule has 0 atom stereocenters. The van der Waals surface area contributed by atoms with Crippen molar-refractivity contribution in [3.05, 3.63) is 231 Å². The molecular weight excluding hydrogens is 757 g/mol. The Kier molecular flexibility index (Phi) is 8.39. The van der Waals surface area contributed by atoms with E-state index in [0.29, 0.717) is 0 Å². The molecule has 286 valence electrons. The summed E-state index contributed by atoms with van der Waals surface area (Å²) in [5.74, 6) is 0. The zero-order valence-corrected chi connectivity index (χ0v) is 34.1. The van der Waals surface area contributed by atoms with Gasteiger partial charge in [-0.1, -0.05) is 164 Å². The number of nitrogens with zero attached hydrogens (tertiary/aromatic N) is 2. The van der Waals surface area contributed by atoms with Crippen molar-refractivity contribution in [1.82, 2.24) is 4.57 Å². The molecule has 0 spiro atoms. The summed E-state index contributed by atoms with van der Waals surface area (Å²) in [6.07, 6.45) is 0. The molecule has 0 unspecified atom stereocenters. The first-order valence-electron chi connectivity index (χ1n) is 20.8.